The molecule has 0 aliphatic carbocycles. The predicted molar refractivity (Wildman–Crippen MR) is 148 cm³/mol. The molecule has 0 saturated carbocycles. The van der Waals surface area contributed by atoms with E-state index in [1.165, 1.54) is 11.3 Å². The number of aromatic nitrogens is 1. The number of carbonyl (C=O) groups is 1. The molecule has 36 heavy (non-hydrogen) atoms. The predicted octanol–water partition coefficient (Wildman–Crippen LogP) is 6.23. The van der Waals surface area contributed by atoms with Crippen LogP contribution in [0.15, 0.2) is 102 Å². The lowest BCUT2D eigenvalue weighted by Gasteiger charge is -2.36. The van der Waals surface area contributed by atoms with Crippen LogP contribution in [0.2, 0.25) is 0 Å². The second-order valence-electron chi connectivity index (χ2n) is 7.69. The van der Waals surface area contributed by atoms with Crippen LogP contribution < -0.4 is 5.32 Å². The van der Waals surface area contributed by atoms with Crippen LogP contribution in [0.5, 0.6) is 0 Å². The summed E-state index contributed by atoms with van der Waals surface area (Å²) in [4.78, 5) is 22.6. The molecular weight excluding hydrogens is 538 g/mol. The lowest BCUT2D eigenvalue weighted by molar-refractivity contribution is -0.135. The molecule has 0 fully saturated rings. The summed E-state index contributed by atoms with van der Waals surface area (Å²) >= 11 is 4.68. The topological polar surface area (TPSA) is 72.8 Å². The number of thiazole rings is 1. The third kappa shape index (κ3) is 5.66. The van der Waals surface area contributed by atoms with Crippen molar-refractivity contribution in [2.75, 3.05) is 23.9 Å². The zero-order valence-corrected chi connectivity index (χ0v) is 22.2. The SMILES string of the molecule is CCOC(=O)/C(=N/OCCBr)c1csc(NC(c2ccccc2)(c2ccccc2)c2ccccc2)n1. The third-order valence-electron chi connectivity index (χ3n) is 5.45. The van der Waals surface area contributed by atoms with Gasteiger partial charge in [-0.3, -0.25) is 0 Å². The van der Waals surface area contributed by atoms with Crippen LogP contribution in [0.25, 0.3) is 0 Å². The van der Waals surface area contributed by atoms with E-state index >= 15 is 0 Å². The van der Waals surface area contributed by atoms with E-state index in [0.29, 0.717) is 22.8 Å². The Bertz CT molecular complexity index is 1180. The minimum atomic E-state index is -0.730. The molecule has 4 aromatic rings. The van der Waals surface area contributed by atoms with Crippen LogP contribution >= 0.6 is 27.3 Å². The second kappa shape index (κ2) is 12.5. The van der Waals surface area contributed by atoms with Gasteiger partial charge in [-0.25, -0.2) is 9.78 Å². The van der Waals surface area contributed by atoms with Gasteiger partial charge in [0, 0.05) is 10.7 Å². The summed E-state index contributed by atoms with van der Waals surface area (Å²) in [5.41, 5.74) is 2.86. The van der Waals surface area contributed by atoms with Gasteiger partial charge in [0.05, 0.1) is 6.61 Å². The molecule has 1 N–H and O–H groups in total. The minimum Gasteiger partial charge on any atom is -0.461 e. The van der Waals surface area contributed by atoms with E-state index in [1.807, 2.05) is 54.6 Å². The largest absolute Gasteiger partial charge is 0.461 e. The maximum Gasteiger partial charge on any atom is 0.362 e. The van der Waals surface area contributed by atoms with E-state index in [1.54, 1.807) is 12.3 Å². The smallest absolute Gasteiger partial charge is 0.362 e. The van der Waals surface area contributed by atoms with Gasteiger partial charge in [0.2, 0.25) is 5.71 Å². The van der Waals surface area contributed by atoms with Gasteiger partial charge in [0.15, 0.2) is 5.13 Å². The Morgan fingerprint density at radius 1 is 0.944 bits per heavy atom. The Balaban J connectivity index is 1.82. The average Bonchev–Trinajstić information content (AvgIpc) is 3.39. The zero-order valence-electron chi connectivity index (χ0n) is 19.8. The number of nitrogens with zero attached hydrogens (tertiary/aromatic N) is 2. The van der Waals surface area contributed by atoms with E-state index in [2.05, 4.69) is 62.8 Å². The number of rotatable bonds is 11. The first-order valence-electron chi connectivity index (χ1n) is 11.5. The molecule has 0 aliphatic rings. The van der Waals surface area contributed by atoms with Crippen LogP contribution in [0.4, 0.5) is 5.13 Å². The van der Waals surface area contributed by atoms with Crippen LogP contribution in [0.3, 0.4) is 0 Å². The first kappa shape index (κ1) is 25.6. The van der Waals surface area contributed by atoms with Crippen molar-refractivity contribution in [3.05, 3.63) is 119 Å². The Morgan fingerprint density at radius 2 is 1.47 bits per heavy atom. The van der Waals surface area contributed by atoms with Gasteiger partial charge in [-0.2, -0.15) is 0 Å². The molecule has 0 unspecified atom stereocenters. The van der Waals surface area contributed by atoms with Crippen molar-refractivity contribution in [3.8, 4) is 0 Å². The summed E-state index contributed by atoms with van der Waals surface area (Å²) in [6, 6.07) is 30.7. The summed E-state index contributed by atoms with van der Waals surface area (Å²) in [6.07, 6.45) is 0. The number of esters is 1. The molecule has 184 valence electrons. The summed E-state index contributed by atoms with van der Waals surface area (Å²) in [6.45, 7) is 2.29. The molecule has 3 aromatic carbocycles. The van der Waals surface area contributed by atoms with E-state index in [9.17, 15) is 4.79 Å². The molecule has 4 rings (SSSR count). The van der Waals surface area contributed by atoms with E-state index in [4.69, 9.17) is 14.6 Å². The Labute approximate surface area is 223 Å². The van der Waals surface area contributed by atoms with E-state index < -0.39 is 11.5 Å². The highest BCUT2D eigenvalue weighted by Gasteiger charge is 2.37. The first-order valence-corrected chi connectivity index (χ1v) is 13.5. The molecule has 0 saturated heterocycles. The van der Waals surface area contributed by atoms with Gasteiger partial charge in [-0.05, 0) is 23.6 Å². The van der Waals surface area contributed by atoms with Crippen molar-refractivity contribution in [2.24, 2.45) is 5.16 Å². The van der Waals surface area contributed by atoms with Crippen molar-refractivity contribution < 1.29 is 14.4 Å². The highest BCUT2D eigenvalue weighted by molar-refractivity contribution is 9.09. The lowest BCUT2D eigenvalue weighted by atomic mass is 9.77. The van der Waals surface area contributed by atoms with E-state index in [0.717, 1.165) is 16.7 Å². The summed E-state index contributed by atoms with van der Waals surface area (Å²) in [7, 11) is 0. The quantitative estimate of drug-likeness (QED) is 0.0585. The van der Waals surface area contributed by atoms with Crippen LogP contribution in [-0.4, -0.2) is 35.2 Å². The molecule has 0 spiro atoms. The number of nitrogens with one attached hydrogen (secondary N) is 1. The molecule has 0 aliphatic heterocycles. The van der Waals surface area contributed by atoms with Crippen LogP contribution in [0.1, 0.15) is 29.3 Å². The average molecular weight is 565 g/mol. The molecule has 6 nitrogen and oxygen atoms in total. The van der Waals surface area contributed by atoms with Gasteiger partial charge >= 0.3 is 5.97 Å². The maximum atomic E-state index is 12.6. The first-order chi connectivity index (χ1) is 17.7. The summed E-state index contributed by atoms with van der Waals surface area (Å²) in [5, 5.41) is 10.7. The third-order valence-corrected chi connectivity index (χ3v) is 6.54. The Morgan fingerprint density at radius 3 is 1.94 bits per heavy atom. The van der Waals surface area contributed by atoms with Gasteiger partial charge < -0.3 is 14.9 Å². The summed E-state index contributed by atoms with van der Waals surface area (Å²) < 4.78 is 5.19. The molecular formula is C28H26BrN3O3S. The highest BCUT2D eigenvalue weighted by atomic mass is 79.9. The van der Waals surface area contributed by atoms with Crippen molar-refractivity contribution in [1.82, 2.24) is 4.98 Å². The molecule has 1 heterocycles. The molecule has 8 heteroatoms. The number of hydrogen-bond donors (Lipinski definition) is 1. The molecule has 0 bridgehead atoms. The van der Waals surface area contributed by atoms with Crippen molar-refractivity contribution in [3.63, 3.8) is 0 Å². The number of alkyl halides is 1. The van der Waals surface area contributed by atoms with E-state index in [-0.39, 0.29) is 12.3 Å². The number of hydrogen-bond acceptors (Lipinski definition) is 7. The lowest BCUT2D eigenvalue weighted by Crippen LogP contribution is -2.38. The zero-order chi connectivity index (χ0) is 25.2. The fourth-order valence-corrected chi connectivity index (χ4v) is 4.81. The molecule has 1 aromatic heterocycles. The summed E-state index contributed by atoms with van der Waals surface area (Å²) in [5.74, 6) is -0.579. The monoisotopic (exact) mass is 563 g/mol. The second-order valence-corrected chi connectivity index (χ2v) is 9.34. The fraction of sp³-hybridized carbons (Fsp3) is 0.179. The number of benzene rings is 3. The maximum absolute atomic E-state index is 12.6. The normalized spacial score (nSPS) is 11.7. The number of oxime groups is 1. The van der Waals surface area contributed by atoms with Gasteiger partial charge in [-0.1, -0.05) is 112 Å². The van der Waals surface area contributed by atoms with Gasteiger partial charge in [0.1, 0.15) is 17.8 Å². The number of ether oxygens (including phenoxy) is 1. The van der Waals surface area contributed by atoms with Gasteiger partial charge in [-0.15, -0.1) is 11.3 Å². The Kier molecular flexibility index (Phi) is 8.86. The Hall–Kier alpha value is -3.49. The molecule has 0 amide bonds. The van der Waals surface area contributed by atoms with Crippen molar-refractivity contribution >= 4 is 44.1 Å². The van der Waals surface area contributed by atoms with Crippen LogP contribution in [0, 0.1) is 0 Å². The van der Waals surface area contributed by atoms with Gasteiger partial charge in [0.25, 0.3) is 0 Å². The van der Waals surface area contributed by atoms with Crippen molar-refractivity contribution in [1.29, 1.82) is 0 Å². The fourth-order valence-electron chi connectivity index (χ4n) is 3.91. The standard InChI is InChI=1S/C28H26BrN3O3S/c1-2-34-26(33)25(32-35-19-18-29)24-20-36-27(30-24)31-28(21-12-6-3-7-13-21,22-14-8-4-9-15-22)23-16-10-5-11-17-23/h3-17,20H,2,18-19H2,1H3,(H,30,31)/b32-25+. The number of halogens is 1. The number of carbonyl (C=O) groups excluding carboxylic acids is 1. The van der Waals surface area contributed by atoms with Crippen LogP contribution in [-0.2, 0) is 19.9 Å². The number of anilines is 1. The highest BCUT2D eigenvalue weighted by Crippen LogP contribution is 2.40. The van der Waals surface area contributed by atoms with Crippen molar-refractivity contribution in [2.45, 2.75) is 12.5 Å². The molecule has 0 atom stereocenters. The molecule has 0 radical (unpaired) electrons. The minimum absolute atomic E-state index is 0.0341.